The fraction of sp³-hybridized carbons (Fsp3) is 0.600. The first-order valence-electron chi connectivity index (χ1n) is 6.79. The molecule has 0 heterocycles. The molecule has 1 aliphatic rings. The minimum absolute atomic E-state index is 0.352. The molecule has 18 heavy (non-hydrogen) atoms. The normalized spacial score (nSPS) is 24.4. The molecule has 1 aromatic carbocycles. The van der Waals surface area contributed by atoms with Gasteiger partial charge in [-0.2, -0.15) is 0 Å². The average molecular weight is 284 g/mol. The van der Waals surface area contributed by atoms with E-state index < -0.39 is 0 Å². The van der Waals surface area contributed by atoms with Gasteiger partial charge in [0, 0.05) is 28.6 Å². The third kappa shape index (κ3) is 4.18. The van der Waals surface area contributed by atoms with Crippen LogP contribution < -0.4 is 0 Å². The SMILES string of the molecule is CN(CCSc1ccccc1)C1CCCCC1Cl. The van der Waals surface area contributed by atoms with Crippen molar-refractivity contribution in [1.29, 1.82) is 0 Å². The molecule has 0 N–H and O–H groups in total. The van der Waals surface area contributed by atoms with Crippen molar-refractivity contribution >= 4 is 23.4 Å². The first-order chi connectivity index (χ1) is 8.77. The number of hydrogen-bond donors (Lipinski definition) is 0. The van der Waals surface area contributed by atoms with Crippen molar-refractivity contribution in [3.05, 3.63) is 30.3 Å². The van der Waals surface area contributed by atoms with Crippen LogP contribution in [0, 0.1) is 0 Å². The molecule has 2 atom stereocenters. The Morgan fingerprint density at radius 3 is 2.67 bits per heavy atom. The molecule has 2 rings (SSSR count). The Morgan fingerprint density at radius 2 is 1.94 bits per heavy atom. The zero-order valence-corrected chi connectivity index (χ0v) is 12.6. The van der Waals surface area contributed by atoms with E-state index in [0.29, 0.717) is 11.4 Å². The number of halogens is 1. The van der Waals surface area contributed by atoms with E-state index in [1.54, 1.807) is 0 Å². The van der Waals surface area contributed by atoms with E-state index >= 15 is 0 Å². The number of hydrogen-bond acceptors (Lipinski definition) is 2. The third-order valence-corrected chi connectivity index (χ3v) is 5.17. The lowest BCUT2D eigenvalue weighted by atomic mass is 9.94. The molecule has 0 spiro atoms. The Balaban J connectivity index is 1.72. The molecule has 1 fully saturated rings. The summed E-state index contributed by atoms with van der Waals surface area (Å²) in [6.45, 7) is 1.12. The highest BCUT2D eigenvalue weighted by atomic mass is 35.5. The minimum Gasteiger partial charge on any atom is -0.301 e. The van der Waals surface area contributed by atoms with E-state index in [9.17, 15) is 0 Å². The molecule has 1 aromatic rings. The van der Waals surface area contributed by atoms with Gasteiger partial charge in [0.25, 0.3) is 0 Å². The molecule has 3 heteroatoms. The maximum absolute atomic E-state index is 6.42. The highest BCUT2D eigenvalue weighted by Gasteiger charge is 2.26. The molecule has 0 saturated heterocycles. The summed E-state index contributed by atoms with van der Waals surface area (Å²) >= 11 is 8.35. The molecule has 0 bridgehead atoms. The number of thioether (sulfide) groups is 1. The minimum atomic E-state index is 0.352. The Kier molecular flexibility index (Phi) is 5.87. The van der Waals surface area contributed by atoms with Gasteiger partial charge >= 0.3 is 0 Å². The number of nitrogens with zero attached hydrogens (tertiary/aromatic N) is 1. The molecule has 1 nitrogen and oxygen atoms in total. The van der Waals surface area contributed by atoms with Gasteiger partial charge < -0.3 is 4.90 Å². The molecule has 0 radical (unpaired) electrons. The highest BCUT2D eigenvalue weighted by molar-refractivity contribution is 7.99. The quantitative estimate of drug-likeness (QED) is 0.587. The van der Waals surface area contributed by atoms with Crippen molar-refractivity contribution in [3.63, 3.8) is 0 Å². The summed E-state index contributed by atoms with van der Waals surface area (Å²) in [7, 11) is 2.22. The van der Waals surface area contributed by atoms with E-state index in [1.165, 1.54) is 30.6 Å². The van der Waals surface area contributed by atoms with Crippen LogP contribution in [0.15, 0.2) is 35.2 Å². The second-order valence-electron chi connectivity index (χ2n) is 5.01. The van der Waals surface area contributed by atoms with E-state index in [4.69, 9.17) is 11.6 Å². The summed E-state index contributed by atoms with van der Waals surface area (Å²) in [5.74, 6) is 1.14. The molecule has 0 aliphatic heterocycles. The molecule has 1 aliphatic carbocycles. The molecule has 100 valence electrons. The molecular weight excluding hydrogens is 262 g/mol. The van der Waals surface area contributed by atoms with Gasteiger partial charge in [-0.25, -0.2) is 0 Å². The number of alkyl halides is 1. The van der Waals surface area contributed by atoms with Gasteiger partial charge in [0.15, 0.2) is 0 Å². The third-order valence-electron chi connectivity index (χ3n) is 3.67. The van der Waals surface area contributed by atoms with Crippen molar-refractivity contribution in [1.82, 2.24) is 4.90 Å². The van der Waals surface area contributed by atoms with Crippen molar-refractivity contribution in [2.75, 3.05) is 19.3 Å². The van der Waals surface area contributed by atoms with Crippen LogP contribution >= 0.6 is 23.4 Å². The van der Waals surface area contributed by atoms with Crippen LogP contribution in [0.2, 0.25) is 0 Å². The van der Waals surface area contributed by atoms with E-state index in [-0.39, 0.29) is 0 Å². The summed E-state index contributed by atoms with van der Waals surface area (Å²) in [4.78, 5) is 3.81. The van der Waals surface area contributed by atoms with Crippen LogP contribution in [0.5, 0.6) is 0 Å². The Morgan fingerprint density at radius 1 is 1.22 bits per heavy atom. The predicted molar refractivity (Wildman–Crippen MR) is 81.7 cm³/mol. The maximum atomic E-state index is 6.42. The van der Waals surface area contributed by atoms with Crippen LogP contribution in [0.3, 0.4) is 0 Å². The van der Waals surface area contributed by atoms with Crippen LogP contribution in [-0.2, 0) is 0 Å². The van der Waals surface area contributed by atoms with E-state index in [1.807, 2.05) is 11.8 Å². The van der Waals surface area contributed by atoms with Gasteiger partial charge in [-0.3, -0.25) is 0 Å². The lowest BCUT2D eigenvalue weighted by molar-refractivity contribution is 0.206. The summed E-state index contributed by atoms with van der Waals surface area (Å²) in [5.41, 5.74) is 0. The second kappa shape index (κ2) is 7.42. The van der Waals surface area contributed by atoms with Crippen molar-refractivity contribution in [2.45, 2.75) is 42.0 Å². The zero-order chi connectivity index (χ0) is 12.8. The predicted octanol–water partition coefficient (Wildman–Crippen LogP) is 4.26. The summed E-state index contributed by atoms with van der Waals surface area (Å²) in [6.07, 6.45) is 5.09. The molecular formula is C15H22ClNS. The van der Waals surface area contributed by atoms with Crippen molar-refractivity contribution in [2.24, 2.45) is 0 Å². The largest absolute Gasteiger partial charge is 0.301 e. The number of rotatable bonds is 5. The smallest absolute Gasteiger partial charge is 0.0491 e. The van der Waals surface area contributed by atoms with E-state index in [2.05, 4.69) is 42.3 Å². The molecule has 1 saturated carbocycles. The zero-order valence-electron chi connectivity index (χ0n) is 11.0. The fourth-order valence-corrected chi connectivity index (χ4v) is 3.99. The second-order valence-corrected chi connectivity index (χ2v) is 6.74. The lowest BCUT2D eigenvalue weighted by Gasteiger charge is -2.34. The average Bonchev–Trinajstić information content (AvgIpc) is 2.40. The fourth-order valence-electron chi connectivity index (χ4n) is 2.55. The van der Waals surface area contributed by atoms with Gasteiger partial charge in [-0.1, -0.05) is 31.0 Å². The van der Waals surface area contributed by atoms with Gasteiger partial charge in [0.2, 0.25) is 0 Å². The first kappa shape index (κ1) is 14.2. The monoisotopic (exact) mass is 283 g/mol. The lowest BCUT2D eigenvalue weighted by Crippen LogP contribution is -2.41. The van der Waals surface area contributed by atoms with Crippen LogP contribution in [0.4, 0.5) is 0 Å². The van der Waals surface area contributed by atoms with Gasteiger partial charge in [-0.15, -0.1) is 23.4 Å². The first-order valence-corrected chi connectivity index (χ1v) is 8.22. The number of benzene rings is 1. The van der Waals surface area contributed by atoms with Gasteiger partial charge in [-0.05, 0) is 32.0 Å². The Hall–Kier alpha value is -0.180. The Labute approximate surface area is 120 Å². The van der Waals surface area contributed by atoms with Gasteiger partial charge in [0.05, 0.1) is 0 Å². The van der Waals surface area contributed by atoms with Crippen molar-refractivity contribution in [3.8, 4) is 0 Å². The van der Waals surface area contributed by atoms with Crippen molar-refractivity contribution < 1.29 is 0 Å². The van der Waals surface area contributed by atoms with Crippen LogP contribution in [0.25, 0.3) is 0 Å². The van der Waals surface area contributed by atoms with E-state index in [0.717, 1.165) is 12.3 Å². The topological polar surface area (TPSA) is 3.24 Å². The summed E-state index contributed by atoms with van der Waals surface area (Å²) < 4.78 is 0. The summed E-state index contributed by atoms with van der Waals surface area (Å²) in [5, 5.41) is 0.352. The highest BCUT2D eigenvalue weighted by Crippen LogP contribution is 2.27. The molecule has 0 aromatic heterocycles. The molecule has 2 unspecified atom stereocenters. The molecule has 0 amide bonds. The summed E-state index contributed by atoms with van der Waals surface area (Å²) in [6, 6.07) is 11.2. The van der Waals surface area contributed by atoms with Crippen LogP contribution in [0.1, 0.15) is 25.7 Å². The maximum Gasteiger partial charge on any atom is 0.0491 e. The Bertz CT molecular complexity index is 344. The van der Waals surface area contributed by atoms with Crippen LogP contribution in [-0.4, -0.2) is 35.7 Å². The standard InChI is InChI=1S/C15H22ClNS/c1-17(15-10-6-5-9-14(15)16)11-12-18-13-7-3-2-4-8-13/h2-4,7-8,14-15H,5-6,9-12H2,1H3. The van der Waals surface area contributed by atoms with Gasteiger partial charge in [0.1, 0.15) is 0 Å².